The lowest BCUT2D eigenvalue weighted by molar-refractivity contribution is 0.0741. The molecule has 0 saturated carbocycles. The van der Waals surface area contributed by atoms with E-state index in [1.165, 1.54) is 12.0 Å². The Hall–Kier alpha value is -1.63. The van der Waals surface area contributed by atoms with Crippen molar-refractivity contribution in [3.05, 3.63) is 23.9 Å². The van der Waals surface area contributed by atoms with E-state index in [4.69, 9.17) is 4.74 Å². The third-order valence-electron chi connectivity index (χ3n) is 3.23. The third-order valence-corrected chi connectivity index (χ3v) is 4.98. The number of carbonyl (C=O) groups is 1. The summed E-state index contributed by atoms with van der Waals surface area (Å²) in [4.78, 5) is 17.7. The predicted octanol–water partition coefficient (Wildman–Crippen LogP) is 0.349. The van der Waals surface area contributed by atoms with Crippen LogP contribution in [0.25, 0.3) is 0 Å². The highest BCUT2D eigenvalue weighted by Gasteiger charge is 2.33. The molecule has 2 heterocycles. The first-order chi connectivity index (χ1) is 8.93. The molecule has 1 aliphatic rings. The molecule has 104 valence electrons. The number of aromatic nitrogens is 1. The van der Waals surface area contributed by atoms with E-state index in [9.17, 15) is 13.2 Å². The van der Waals surface area contributed by atoms with Gasteiger partial charge in [-0.3, -0.25) is 4.79 Å². The molecule has 1 amide bonds. The molecule has 7 heteroatoms. The Balaban J connectivity index is 2.15. The van der Waals surface area contributed by atoms with E-state index in [2.05, 4.69) is 4.98 Å². The van der Waals surface area contributed by atoms with Crippen LogP contribution in [0.4, 0.5) is 0 Å². The Morgan fingerprint density at radius 1 is 1.47 bits per heavy atom. The van der Waals surface area contributed by atoms with E-state index in [1.807, 2.05) is 0 Å². The summed E-state index contributed by atoms with van der Waals surface area (Å²) in [5, 5.41) is 0. The molecule has 0 N–H and O–H groups in total. The molecule has 0 aliphatic carbocycles. The minimum Gasteiger partial charge on any atom is -0.481 e. The molecule has 1 fully saturated rings. The summed E-state index contributed by atoms with van der Waals surface area (Å²) in [6.07, 6.45) is 0.481. The van der Waals surface area contributed by atoms with E-state index in [0.29, 0.717) is 12.3 Å². The number of carbonyl (C=O) groups excluding carboxylic acids is 1. The lowest BCUT2D eigenvalue weighted by Crippen LogP contribution is -2.38. The molecule has 1 saturated heterocycles. The smallest absolute Gasteiger partial charge is 0.272 e. The fourth-order valence-corrected chi connectivity index (χ4v) is 3.85. The Morgan fingerprint density at radius 2 is 2.21 bits per heavy atom. The number of ether oxygens (including phenoxy) is 1. The van der Waals surface area contributed by atoms with Crippen molar-refractivity contribution >= 4 is 15.7 Å². The lowest BCUT2D eigenvalue weighted by atomic mass is 10.2. The average Bonchev–Trinajstić information content (AvgIpc) is 2.77. The molecule has 1 unspecified atom stereocenters. The van der Waals surface area contributed by atoms with Crippen molar-refractivity contribution in [1.29, 1.82) is 0 Å². The van der Waals surface area contributed by atoms with Gasteiger partial charge >= 0.3 is 0 Å². The summed E-state index contributed by atoms with van der Waals surface area (Å²) in [7, 11) is 0.0742. The highest BCUT2D eigenvalue weighted by atomic mass is 32.2. The summed E-state index contributed by atoms with van der Waals surface area (Å²) in [5.41, 5.74) is 0.256. The van der Waals surface area contributed by atoms with Gasteiger partial charge in [0.2, 0.25) is 5.88 Å². The van der Waals surface area contributed by atoms with Crippen LogP contribution in [0.5, 0.6) is 5.88 Å². The molecule has 1 aromatic rings. The van der Waals surface area contributed by atoms with Crippen molar-refractivity contribution in [2.75, 3.05) is 25.7 Å². The third kappa shape index (κ3) is 3.04. The summed E-state index contributed by atoms with van der Waals surface area (Å²) >= 11 is 0. The van der Waals surface area contributed by atoms with Gasteiger partial charge in [-0.2, -0.15) is 0 Å². The zero-order chi connectivity index (χ0) is 14.0. The first kappa shape index (κ1) is 13.8. The van der Waals surface area contributed by atoms with Crippen molar-refractivity contribution < 1.29 is 17.9 Å². The number of sulfone groups is 1. The summed E-state index contributed by atoms with van der Waals surface area (Å²) < 4.78 is 27.8. The SMILES string of the molecule is COc1cccc(C(=O)N(C)C2CCS(=O)(=O)C2)n1. The van der Waals surface area contributed by atoms with Crippen LogP contribution in [0, 0.1) is 0 Å². The Morgan fingerprint density at radius 3 is 2.79 bits per heavy atom. The standard InChI is InChI=1S/C12H16N2O4S/c1-14(9-6-7-19(16,17)8-9)12(15)10-4-3-5-11(13-10)18-2/h3-5,9H,6-8H2,1-2H3. The fourth-order valence-electron chi connectivity index (χ4n) is 2.07. The normalized spacial score (nSPS) is 21.1. The minimum atomic E-state index is -3.01. The van der Waals surface area contributed by atoms with Crippen molar-refractivity contribution in [1.82, 2.24) is 9.88 Å². The van der Waals surface area contributed by atoms with Crippen LogP contribution in [0.15, 0.2) is 18.2 Å². The summed E-state index contributed by atoms with van der Waals surface area (Å²) in [6.45, 7) is 0. The van der Waals surface area contributed by atoms with Gasteiger partial charge in [-0.1, -0.05) is 6.07 Å². The second-order valence-corrected chi connectivity index (χ2v) is 6.77. The van der Waals surface area contributed by atoms with Crippen LogP contribution in [-0.2, 0) is 9.84 Å². The quantitative estimate of drug-likeness (QED) is 0.800. The van der Waals surface area contributed by atoms with E-state index in [0.717, 1.165) is 0 Å². The van der Waals surface area contributed by atoms with E-state index >= 15 is 0 Å². The second kappa shape index (κ2) is 5.16. The summed E-state index contributed by atoms with van der Waals surface area (Å²) in [5.74, 6) is 0.235. The van der Waals surface area contributed by atoms with Gasteiger partial charge < -0.3 is 9.64 Å². The van der Waals surface area contributed by atoms with E-state index in [1.54, 1.807) is 25.2 Å². The van der Waals surface area contributed by atoms with Crippen LogP contribution in [-0.4, -0.2) is 55.9 Å². The van der Waals surface area contributed by atoms with Crippen LogP contribution < -0.4 is 4.74 Å². The maximum absolute atomic E-state index is 12.2. The van der Waals surface area contributed by atoms with Gasteiger partial charge in [0.25, 0.3) is 5.91 Å². The maximum atomic E-state index is 12.2. The molecule has 0 aromatic carbocycles. The van der Waals surface area contributed by atoms with Gasteiger partial charge in [-0.05, 0) is 12.5 Å². The number of hydrogen-bond acceptors (Lipinski definition) is 5. The van der Waals surface area contributed by atoms with Gasteiger partial charge in [-0.25, -0.2) is 13.4 Å². The monoisotopic (exact) mass is 284 g/mol. The van der Waals surface area contributed by atoms with Crippen molar-refractivity contribution in [2.24, 2.45) is 0 Å². The molecule has 0 spiro atoms. The fraction of sp³-hybridized carbons (Fsp3) is 0.500. The van der Waals surface area contributed by atoms with E-state index in [-0.39, 0.29) is 29.1 Å². The van der Waals surface area contributed by atoms with Crippen LogP contribution in [0.2, 0.25) is 0 Å². The van der Waals surface area contributed by atoms with Crippen LogP contribution in [0.1, 0.15) is 16.9 Å². The molecule has 19 heavy (non-hydrogen) atoms. The van der Waals surface area contributed by atoms with Gasteiger partial charge in [0.05, 0.1) is 18.6 Å². The van der Waals surface area contributed by atoms with Gasteiger partial charge in [0, 0.05) is 19.2 Å². The zero-order valence-electron chi connectivity index (χ0n) is 10.9. The number of hydrogen-bond donors (Lipinski definition) is 0. The second-order valence-electron chi connectivity index (χ2n) is 4.54. The van der Waals surface area contributed by atoms with Crippen LogP contribution in [0.3, 0.4) is 0 Å². The Labute approximate surface area is 112 Å². The minimum absolute atomic E-state index is 0.0270. The Bertz CT molecular complexity index is 585. The summed E-state index contributed by atoms with van der Waals surface area (Å²) in [6, 6.07) is 4.64. The zero-order valence-corrected chi connectivity index (χ0v) is 11.7. The maximum Gasteiger partial charge on any atom is 0.272 e. The van der Waals surface area contributed by atoms with Gasteiger partial charge in [-0.15, -0.1) is 0 Å². The van der Waals surface area contributed by atoms with Crippen molar-refractivity contribution in [3.63, 3.8) is 0 Å². The van der Waals surface area contributed by atoms with Crippen LogP contribution >= 0.6 is 0 Å². The molecule has 2 rings (SSSR count). The first-order valence-electron chi connectivity index (χ1n) is 5.91. The van der Waals surface area contributed by atoms with Gasteiger partial charge in [0.1, 0.15) is 5.69 Å². The lowest BCUT2D eigenvalue weighted by Gasteiger charge is -2.23. The number of pyridine rings is 1. The molecule has 6 nitrogen and oxygen atoms in total. The number of methoxy groups -OCH3 is 1. The number of nitrogens with zero attached hydrogens (tertiary/aromatic N) is 2. The average molecular weight is 284 g/mol. The number of rotatable bonds is 3. The molecular formula is C12H16N2O4S. The molecule has 0 bridgehead atoms. The largest absolute Gasteiger partial charge is 0.481 e. The molecular weight excluding hydrogens is 268 g/mol. The predicted molar refractivity (Wildman–Crippen MR) is 69.9 cm³/mol. The highest BCUT2D eigenvalue weighted by molar-refractivity contribution is 7.91. The van der Waals surface area contributed by atoms with E-state index < -0.39 is 9.84 Å². The topological polar surface area (TPSA) is 76.6 Å². The molecule has 0 radical (unpaired) electrons. The van der Waals surface area contributed by atoms with Crippen molar-refractivity contribution in [2.45, 2.75) is 12.5 Å². The number of amides is 1. The highest BCUT2D eigenvalue weighted by Crippen LogP contribution is 2.18. The Kier molecular flexibility index (Phi) is 3.75. The van der Waals surface area contributed by atoms with Gasteiger partial charge in [0.15, 0.2) is 9.84 Å². The first-order valence-corrected chi connectivity index (χ1v) is 7.74. The molecule has 1 aromatic heterocycles. The molecule has 1 aliphatic heterocycles. The molecule has 1 atom stereocenters. The van der Waals surface area contributed by atoms with Crippen molar-refractivity contribution in [3.8, 4) is 5.88 Å².